The number of hydroxylamine groups is 1. The van der Waals surface area contributed by atoms with Crippen LogP contribution < -0.4 is 5.48 Å². The molecule has 0 saturated carbocycles. The highest BCUT2D eigenvalue weighted by Gasteiger charge is 2.24. The summed E-state index contributed by atoms with van der Waals surface area (Å²) >= 11 is 0. The predicted octanol–water partition coefficient (Wildman–Crippen LogP) is 2.23. The molecule has 1 aromatic carbocycles. The molecule has 162 valence electrons. The number of hydrogen-bond acceptors (Lipinski definition) is 4. The molecule has 1 aliphatic heterocycles. The van der Waals surface area contributed by atoms with Gasteiger partial charge in [-0.2, -0.15) is 0 Å². The highest BCUT2D eigenvalue weighted by molar-refractivity contribution is 5.89. The Morgan fingerprint density at radius 3 is 2.23 bits per heavy atom. The number of carbonyl (C=O) groups is 3. The zero-order valence-corrected chi connectivity index (χ0v) is 17.2. The fraction of sp³-hybridized carbons (Fsp3) is 0.500. The van der Waals surface area contributed by atoms with Crippen molar-refractivity contribution in [2.45, 2.75) is 44.9 Å². The summed E-state index contributed by atoms with van der Waals surface area (Å²) in [5.74, 6) is -0.145. The molecule has 3 rings (SSSR count). The molecular formula is C22H30N4O4. The summed E-state index contributed by atoms with van der Waals surface area (Å²) in [6.45, 7) is 2.30. The molecule has 1 saturated heterocycles. The zero-order chi connectivity index (χ0) is 21.3. The minimum Gasteiger partial charge on any atom is -0.361 e. The third-order valence-electron chi connectivity index (χ3n) is 5.67. The van der Waals surface area contributed by atoms with Crippen molar-refractivity contribution in [3.8, 4) is 0 Å². The summed E-state index contributed by atoms with van der Waals surface area (Å²) in [4.78, 5) is 42.9. The van der Waals surface area contributed by atoms with Gasteiger partial charge in [-0.15, -0.1) is 0 Å². The summed E-state index contributed by atoms with van der Waals surface area (Å²) in [5.41, 5.74) is 3.66. The van der Waals surface area contributed by atoms with Gasteiger partial charge in [0.15, 0.2) is 0 Å². The first-order valence-corrected chi connectivity index (χ1v) is 10.6. The Hall–Kier alpha value is -2.87. The van der Waals surface area contributed by atoms with Crippen LogP contribution in [0.1, 0.15) is 44.1 Å². The van der Waals surface area contributed by atoms with E-state index in [2.05, 4.69) is 4.98 Å². The smallest absolute Gasteiger partial charge is 0.243 e. The van der Waals surface area contributed by atoms with Crippen molar-refractivity contribution in [1.82, 2.24) is 20.3 Å². The SMILES string of the molecule is O=C(CCCCCCC(=O)N1CCN(C(=O)Cc2c[nH]c3ccccc23)CC1)NO. The number of benzene rings is 1. The maximum atomic E-state index is 12.7. The number of rotatable bonds is 9. The summed E-state index contributed by atoms with van der Waals surface area (Å²) in [5, 5.41) is 9.52. The van der Waals surface area contributed by atoms with Crippen LogP contribution in [-0.4, -0.2) is 63.9 Å². The third-order valence-corrected chi connectivity index (χ3v) is 5.67. The number of hydrogen-bond donors (Lipinski definition) is 3. The number of H-pyrrole nitrogens is 1. The van der Waals surface area contributed by atoms with Gasteiger partial charge in [-0.1, -0.05) is 31.0 Å². The van der Waals surface area contributed by atoms with Crippen molar-refractivity contribution in [1.29, 1.82) is 0 Å². The van der Waals surface area contributed by atoms with Crippen LogP contribution in [0.2, 0.25) is 0 Å². The standard InChI is InChI=1S/C22H30N4O4/c27-20(24-30)9-3-1-2-4-10-21(28)25-11-13-26(14-12-25)22(29)15-17-16-23-19-8-6-5-7-18(17)19/h5-8,16,23,30H,1-4,9-15H2,(H,24,27). The van der Waals surface area contributed by atoms with E-state index >= 15 is 0 Å². The van der Waals surface area contributed by atoms with Crippen molar-refractivity contribution >= 4 is 28.6 Å². The molecule has 3 amide bonds. The number of para-hydroxylation sites is 1. The molecule has 0 radical (unpaired) electrons. The van der Waals surface area contributed by atoms with Crippen molar-refractivity contribution in [2.75, 3.05) is 26.2 Å². The lowest BCUT2D eigenvalue weighted by Gasteiger charge is -2.35. The number of amides is 3. The van der Waals surface area contributed by atoms with Gasteiger partial charge in [-0.25, -0.2) is 5.48 Å². The summed E-state index contributed by atoms with van der Waals surface area (Å²) in [6, 6.07) is 7.96. The minimum atomic E-state index is -0.372. The quantitative estimate of drug-likeness (QED) is 0.332. The molecule has 1 aromatic heterocycles. The first-order chi connectivity index (χ1) is 14.6. The molecule has 3 N–H and O–H groups in total. The summed E-state index contributed by atoms with van der Waals surface area (Å²) in [6.07, 6.45) is 6.31. The largest absolute Gasteiger partial charge is 0.361 e. The van der Waals surface area contributed by atoms with Gasteiger partial charge in [-0.3, -0.25) is 19.6 Å². The van der Waals surface area contributed by atoms with Crippen molar-refractivity contribution in [3.63, 3.8) is 0 Å². The Morgan fingerprint density at radius 1 is 0.900 bits per heavy atom. The summed E-state index contributed by atoms with van der Waals surface area (Å²) in [7, 11) is 0. The fourth-order valence-corrected chi connectivity index (χ4v) is 3.89. The van der Waals surface area contributed by atoms with Crippen molar-refractivity contribution in [2.24, 2.45) is 0 Å². The molecule has 0 unspecified atom stereocenters. The Balaban J connectivity index is 1.35. The van der Waals surface area contributed by atoms with Crippen molar-refractivity contribution in [3.05, 3.63) is 36.0 Å². The van der Waals surface area contributed by atoms with Crippen LogP contribution in [0.25, 0.3) is 10.9 Å². The number of nitrogens with zero attached hydrogens (tertiary/aromatic N) is 2. The van der Waals surface area contributed by atoms with Gasteiger partial charge < -0.3 is 14.8 Å². The number of piperazine rings is 1. The van der Waals surface area contributed by atoms with E-state index in [1.54, 1.807) is 5.48 Å². The zero-order valence-electron chi connectivity index (χ0n) is 17.2. The van der Waals surface area contributed by atoms with Crippen LogP contribution in [0.5, 0.6) is 0 Å². The molecule has 0 aliphatic carbocycles. The normalized spacial score (nSPS) is 14.2. The first-order valence-electron chi connectivity index (χ1n) is 10.6. The van der Waals surface area contributed by atoms with E-state index in [1.807, 2.05) is 40.3 Å². The number of fused-ring (bicyclic) bond motifs is 1. The molecule has 0 spiro atoms. The lowest BCUT2D eigenvalue weighted by Crippen LogP contribution is -2.50. The number of aromatic nitrogens is 1. The van der Waals surface area contributed by atoms with Gasteiger partial charge in [0.2, 0.25) is 17.7 Å². The number of aromatic amines is 1. The van der Waals surface area contributed by atoms with Gasteiger partial charge in [0.1, 0.15) is 0 Å². The number of unbranched alkanes of at least 4 members (excludes halogenated alkanes) is 3. The molecule has 2 aromatic rings. The Bertz CT molecular complexity index is 871. The maximum Gasteiger partial charge on any atom is 0.243 e. The Labute approximate surface area is 176 Å². The molecular weight excluding hydrogens is 384 g/mol. The summed E-state index contributed by atoms with van der Waals surface area (Å²) < 4.78 is 0. The van der Waals surface area contributed by atoms with E-state index in [4.69, 9.17) is 5.21 Å². The molecule has 0 bridgehead atoms. The topological polar surface area (TPSA) is 106 Å². The Morgan fingerprint density at radius 2 is 1.53 bits per heavy atom. The van der Waals surface area contributed by atoms with Gasteiger partial charge in [0, 0.05) is 56.1 Å². The van der Waals surface area contributed by atoms with Crippen LogP contribution in [0.3, 0.4) is 0 Å². The maximum absolute atomic E-state index is 12.7. The Kier molecular flexibility index (Phi) is 7.84. The van der Waals surface area contributed by atoms with E-state index in [9.17, 15) is 14.4 Å². The van der Waals surface area contributed by atoms with Gasteiger partial charge in [0.05, 0.1) is 6.42 Å². The molecule has 1 aliphatic rings. The molecule has 8 heteroatoms. The van der Waals surface area contributed by atoms with Gasteiger partial charge in [0.25, 0.3) is 0 Å². The second-order valence-electron chi connectivity index (χ2n) is 7.75. The van der Waals surface area contributed by atoms with Crippen LogP contribution in [0, 0.1) is 0 Å². The second kappa shape index (κ2) is 10.8. The van der Waals surface area contributed by atoms with E-state index in [0.29, 0.717) is 51.9 Å². The molecule has 30 heavy (non-hydrogen) atoms. The number of carbonyl (C=O) groups excluding carboxylic acids is 3. The average Bonchev–Trinajstić information content (AvgIpc) is 3.18. The van der Waals surface area contributed by atoms with E-state index in [0.717, 1.165) is 35.7 Å². The van der Waals surface area contributed by atoms with Gasteiger partial charge in [-0.05, 0) is 24.5 Å². The van der Waals surface area contributed by atoms with Gasteiger partial charge >= 0.3 is 0 Å². The average molecular weight is 415 g/mol. The number of nitrogens with one attached hydrogen (secondary N) is 2. The molecule has 2 heterocycles. The monoisotopic (exact) mass is 414 g/mol. The van der Waals surface area contributed by atoms with E-state index in [1.165, 1.54) is 0 Å². The predicted molar refractivity (Wildman–Crippen MR) is 113 cm³/mol. The third kappa shape index (κ3) is 5.82. The second-order valence-corrected chi connectivity index (χ2v) is 7.75. The van der Waals surface area contributed by atoms with Crippen molar-refractivity contribution < 1.29 is 19.6 Å². The highest BCUT2D eigenvalue weighted by atomic mass is 16.5. The van der Waals surface area contributed by atoms with Crippen LogP contribution in [-0.2, 0) is 20.8 Å². The fourth-order valence-electron chi connectivity index (χ4n) is 3.89. The lowest BCUT2D eigenvalue weighted by atomic mass is 10.1. The van der Waals surface area contributed by atoms with E-state index < -0.39 is 0 Å². The van der Waals surface area contributed by atoms with Crippen LogP contribution >= 0.6 is 0 Å². The van der Waals surface area contributed by atoms with E-state index in [-0.39, 0.29) is 17.7 Å². The first kappa shape index (κ1) is 21.8. The minimum absolute atomic E-state index is 0.0961. The lowest BCUT2D eigenvalue weighted by molar-refractivity contribution is -0.139. The van der Waals surface area contributed by atoms with Crippen LogP contribution in [0.4, 0.5) is 0 Å². The van der Waals surface area contributed by atoms with Crippen LogP contribution in [0.15, 0.2) is 30.5 Å². The highest BCUT2D eigenvalue weighted by Crippen LogP contribution is 2.19. The molecule has 8 nitrogen and oxygen atoms in total. The molecule has 1 fully saturated rings. The molecule has 0 atom stereocenters.